The molecule has 1 aliphatic rings. The van der Waals surface area contributed by atoms with E-state index in [9.17, 15) is 15.0 Å². The topological polar surface area (TPSA) is 105 Å². The first-order valence-corrected chi connectivity index (χ1v) is 11.2. The number of aliphatic hydroxyl groups excluding tert-OH is 2. The smallest absolute Gasteiger partial charge is 0.407 e. The molecule has 0 fully saturated rings. The number of amides is 1. The highest BCUT2D eigenvalue weighted by atomic mass is 16.5. The van der Waals surface area contributed by atoms with Crippen molar-refractivity contribution in [1.29, 1.82) is 0 Å². The number of fused-ring (bicyclic) bond motifs is 3. The monoisotopic (exact) mass is 446 g/mol. The molecule has 33 heavy (non-hydrogen) atoms. The molecule has 0 heterocycles. The number of hydrogen-bond acceptors (Lipinski definition) is 5. The Balaban J connectivity index is 1.35. The van der Waals surface area contributed by atoms with Crippen LogP contribution in [0.5, 0.6) is 0 Å². The summed E-state index contributed by atoms with van der Waals surface area (Å²) in [5, 5.41) is 23.6. The summed E-state index contributed by atoms with van der Waals surface area (Å²) in [6.07, 6.45) is -3.10. The molecular formula is C27H30N2O4. The van der Waals surface area contributed by atoms with Crippen molar-refractivity contribution in [1.82, 2.24) is 5.32 Å². The summed E-state index contributed by atoms with van der Waals surface area (Å²) in [6, 6.07) is 21.6. The van der Waals surface area contributed by atoms with Gasteiger partial charge in [-0.25, -0.2) is 4.79 Å². The van der Waals surface area contributed by atoms with E-state index in [1.807, 2.05) is 44.2 Å². The molecule has 1 amide bonds. The van der Waals surface area contributed by atoms with Crippen LogP contribution in [0.15, 0.2) is 66.7 Å². The zero-order valence-corrected chi connectivity index (χ0v) is 18.9. The maximum absolute atomic E-state index is 12.3. The van der Waals surface area contributed by atoms with Gasteiger partial charge in [-0.1, -0.05) is 74.5 Å². The Hall–Kier alpha value is -3.35. The molecule has 0 saturated carbocycles. The summed E-state index contributed by atoms with van der Waals surface area (Å²) >= 11 is 0. The zero-order chi connectivity index (χ0) is 23.5. The first-order chi connectivity index (χ1) is 15.9. The van der Waals surface area contributed by atoms with Crippen molar-refractivity contribution in [3.63, 3.8) is 0 Å². The van der Waals surface area contributed by atoms with E-state index in [1.54, 1.807) is 12.1 Å². The van der Waals surface area contributed by atoms with Gasteiger partial charge >= 0.3 is 6.09 Å². The Morgan fingerprint density at radius 2 is 1.61 bits per heavy atom. The molecule has 4 rings (SSSR count). The molecule has 0 aromatic heterocycles. The molecule has 5 N–H and O–H groups in total. The molecule has 0 radical (unpaired) electrons. The quantitative estimate of drug-likeness (QED) is 0.405. The van der Waals surface area contributed by atoms with Gasteiger partial charge in [-0.3, -0.25) is 0 Å². The van der Waals surface area contributed by atoms with Crippen molar-refractivity contribution >= 4 is 11.8 Å². The summed E-state index contributed by atoms with van der Waals surface area (Å²) in [6.45, 7) is 4.10. The summed E-state index contributed by atoms with van der Waals surface area (Å²) in [7, 11) is 0. The molecular weight excluding hydrogens is 416 g/mol. The van der Waals surface area contributed by atoms with E-state index in [2.05, 4.69) is 29.6 Å². The molecule has 1 aliphatic carbocycles. The lowest BCUT2D eigenvalue weighted by atomic mass is 9.95. The molecule has 2 unspecified atom stereocenters. The van der Waals surface area contributed by atoms with Crippen LogP contribution in [-0.2, 0) is 4.74 Å². The number of hydrogen-bond donors (Lipinski definition) is 4. The highest BCUT2D eigenvalue weighted by Crippen LogP contribution is 2.44. The predicted molar refractivity (Wildman–Crippen MR) is 129 cm³/mol. The van der Waals surface area contributed by atoms with Gasteiger partial charge in [-0.05, 0) is 39.8 Å². The van der Waals surface area contributed by atoms with Gasteiger partial charge in [-0.15, -0.1) is 0 Å². The number of anilines is 1. The van der Waals surface area contributed by atoms with Gasteiger partial charge < -0.3 is 26.0 Å². The third-order valence-electron chi connectivity index (χ3n) is 6.26. The molecule has 0 bridgehead atoms. The van der Waals surface area contributed by atoms with Crippen molar-refractivity contribution < 1.29 is 19.7 Å². The average Bonchev–Trinajstić information content (AvgIpc) is 3.14. The Kier molecular flexibility index (Phi) is 6.67. The third-order valence-corrected chi connectivity index (χ3v) is 6.26. The van der Waals surface area contributed by atoms with Crippen molar-refractivity contribution in [3.05, 3.63) is 89.0 Å². The highest BCUT2D eigenvalue weighted by molar-refractivity contribution is 5.79. The van der Waals surface area contributed by atoms with Gasteiger partial charge in [-0.2, -0.15) is 0 Å². The number of ether oxygens (including phenoxy) is 1. The molecule has 0 spiro atoms. The van der Waals surface area contributed by atoms with Crippen molar-refractivity contribution in [2.75, 3.05) is 18.9 Å². The number of carbonyl (C=O) groups excluding carboxylic acids is 1. The number of aliphatic hydroxyl groups is 2. The second-order valence-corrected chi connectivity index (χ2v) is 8.76. The minimum atomic E-state index is -1.23. The molecule has 2 atom stereocenters. The molecule has 6 nitrogen and oxygen atoms in total. The van der Waals surface area contributed by atoms with Gasteiger partial charge in [0.25, 0.3) is 0 Å². The van der Waals surface area contributed by atoms with Crippen LogP contribution in [0.25, 0.3) is 11.1 Å². The van der Waals surface area contributed by atoms with E-state index in [0.717, 1.165) is 27.8 Å². The summed E-state index contributed by atoms with van der Waals surface area (Å²) in [5.41, 5.74) is 12.4. The van der Waals surface area contributed by atoms with Gasteiger partial charge in [0.1, 0.15) is 18.8 Å². The van der Waals surface area contributed by atoms with Crippen LogP contribution in [0.2, 0.25) is 0 Å². The number of carbonyl (C=O) groups is 1. The number of nitrogen functional groups attached to an aromatic ring is 1. The molecule has 0 saturated heterocycles. The normalized spacial score (nSPS) is 14.5. The van der Waals surface area contributed by atoms with E-state index in [4.69, 9.17) is 10.5 Å². The fraction of sp³-hybridized carbons (Fsp3) is 0.296. The molecule has 3 aromatic carbocycles. The first kappa shape index (κ1) is 22.8. The van der Waals surface area contributed by atoms with Crippen LogP contribution in [0.3, 0.4) is 0 Å². The van der Waals surface area contributed by atoms with Crippen LogP contribution in [0, 0.1) is 0 Å². The second-order valence-electron chi connectivity index (χ2n) is 8.76. The predicted octanol–water partition coefficient (Wildman–Crippen LogP) is 4.33. The third kappa shape index (κ3) is 4.72. The fourth-order valence-corrected chi connectivity index (χ4v) is 4.36. The van der Waals surface area contributed by atoms with E-state index in [0.29, 0.717) is 11.3 Å². The number of rotatable bonds is 7. The molecule has 0 aliphatic heterocycles. The van der Waals surface area contributed by atoms with E-state index < -0.39 is 18.3 Å². The standard InChI is InChI=1S/C27H30N2O4/c1-16(2)17-11-12-24(28)22(13-17)26(31)25(30)14-29-27(32)33-15-23-20-9-5-3-7-18(20)19-8-4-6-10-21(19)23/h3-13,16,23,25-26,30-31H,14-15,28H2,1-2H3,(H,29,32). The Bertz CT molecular complexity index is 1100. The average molecular weight is 447 g/mol. The Labute approximate surface area is 194 Å². The van der Waals surface area contributed by atoms with Gasteiger partial charge in [0.2, 0.25) is 0 Å². The lowest BCUT2D eigenvalue weighted by Crippen LogP contribution is -2.36. The van der Waals surface area contributed by atoms with Gasteiger partial charge in [0.05, 0.1) is 0 Å². The SMILES string of the molecule is CC(C)c1ccc(N)c(C(O)C(O)CNC(=O)OCC2c3ccccc3-c3ccccc32)c1. The van der Waals surface area contributed by atoms with Crippen molar-refractivity contribution in [2.24, 2.45) is 0 Å². The van der Waals surface area contributed by atoms with Gasteiger partial charge in [0.15, 0.2) is 0 Å². The number of nitrogens with one attached hydrogen (secondary N) is 1. The highest BCUT2D eigenvalue weighted by Gasteiger charge is 2.29. The lowest BCUT2D eigenvalue weighted by molar-refractivity contribution is 0.0189. The fourth-order valence-electron chi connectivity index (χ4n) is 4.36. The number of alkyl carbamates (subject to hydrolysis) is 1. The first-order valence-electron chi connectivity index (χ1n) is 11.2. The van der Waals surface area contributed by atoms with E-state index in [-0.39, 0.29) is 25.0 Å². The molecule has 3 aromatic rings. The summed E-state index contributed by atoms with van der Waals surface area (Å²) in [5.74, 6) is 0.213. The Morgan fingerprint density at radius 1 is 1.00 bits per heavy atom. The molecule has 6 heteroatoms. The Morgan fingerprint density at radius 3 is 2.21 bits per heavy atom. The van der Waals surface area contributed by atoms with Crippen LogP contribution < -0.4 is 11.1 Å². The maximum Gasteiger partial charge on any atom is 0.407 e. The largest absolute Gasteiger partial charge is 0.449 e. The van der Waals surface area contributed by atoms with E-state index in [1.165, 1.54) is 0 Å². The van der Waals surface area contributed by atoms with Crippen LogP contribution in [-0.4, -0.2) is 35.6 Å². The zero-order valence-electron chi connectivity index (χ0n) is 18.9. The summed E-state index contributed by atoms with van der Waals surface area (Å²) in [4.78, 5) is 12.3. The number of nitrogens with two attached hydrogens (primary N) is 1. The van der Waals surface area contributed by atoms with Crippen molar-refractivity contribution in [2.45, 2.75) is 37.9 Å². The van der Waals surface area contributed by atoms with Crippen LogP contribution in [0.4, 0.5) is 10.5 Å². The summed E-state index contributed by atoms with van der Waals surface area (Å²) < 4.78 is 5.48. The van der Waals surface area contributed by atoms with Crippen molar-refractivity contribution in [3.8, 4) is 11.1 Å². The maximum atomic E-state index is 12.3. The second kappa shape index (κ2) is 9.65. The molecule has 172 valence electrons. The van der Waals surface area contributed by atoms with Crippen LogP contribution >= 0.6 is 0 Å². The van der Waals surface area contributed by atoms with Crippen LogP contribution in [0.1, 0.15) is 54.0 Å². The van der Waals surface area contributed by atoms with Gasteiger partial charge in [0, 0.05) is 23.7 Å². The number of benzene rings is 3. The minimum Gasteiger partial charge on any atom is -0.449 e. The van der Waals surface area contributed by atoms with E-state index >= 15 is 0 Å². The lowest BCUT2D eigenvalue weighted by Gasteiger charge is -2.21. The minimum absolute atomic E-state index is 0.0442.